The van der Waals surface area contributed by atoms with Crippen molar-refractivity contribution in [1.82, 2.24) is 0 Å². The molecule has 1 aliphatic heterocycles. The lowest BCUT2D eigenvalue weighted by Crippen LogP contribution is -2.35. The molecule has 1 saturated heterocycles. The van der Waals surface area contributed by atoms with Gasteiger partial charge in [-0.25, -0.2) is 4.39 Å². The van der Waals surface area contributed by atoms with Gasteiger partial charge >= 0.3 is 0 Å². The van der Waals surface area contributed by atoms with Crippen molar-refractivity contribution in [3.05, 3.63) is 59.9 Å². The molecule has 1 fully saturated rings. The van der Waals surface area contributed by atoms with Crippen LogP contribution in [-0.4, -0.2) is 18.4 Å². The van der Waals surface area contributed by atoms with Gasteiger partial charge in [0, 0.05) is 18.7 Å². The summed E-state index contributed by atoms with van der Waals surface area (Å²) < 4.78 is 14.3. The third-order valence-electron chi connectivity index (χ3n) is 4.05. The highest BCUT2D eigenvalue weighted by molar-refractivity contribution is 5.95. The molecule has 2 aromatic rings. The number of halogens is 1. The van der Waals surface area contributed by atoms with Crippen LogP contribution in [0.1, 0.15) is 24.8 Å². The normalized spacial score (nSPS) is 14.5. The summed E-state index contributed by atoms with van der Waals surface area (Å²) in [7, 11) is 0. The molecule has 0 bridgehead atoms. The minimum atomic E-state index is -0.497. The molecule has 0 unspecified atom stereocenters. The van der Waals surface area contributed by atoms with Crippen molar-refractivity contribution >= 4 is 23.2 Å². The molecule has 4 nitrogen and oxygen atoms in total. The predicted molar refractivity (Wildman–Crippen MR) is 91.4 cm³/mol. The van der Waals surface area contributed by atoms with Crippen molar-refractivity contribution in [2.75, 3.05) is 16.8 Å². The summed E-state index contributed by atoms with van der Waals surface area (Å²) in [6.45, 7) is 0.537. The summed E-state index contributed by atoms with van der Waals surface area (Å²) in [5.41, 5.74) is 1.56. The molecular weight excluding hydrogens is 307 g/mol. The third-order valence-corrected chi connectivity index (χ3v) is 4.05. The summed E-state index contributed by atoms with van der Waals surface area (Å²) in [5.74, 6) is -0.758. The van der Waals surface area contributed by atoms with Gasteiger partial charge in [-0.15, -0.1) is 0 Å². The number of nitrogens with zero attached hydrogens (tertiary/aromatic N) is 1. The maximum absolute atomic E-state index is 14.3. The van der Waals surface area contributed by atoms with Gasteiger partial charge in [-0.3, -0.25) is 9.59 Å². The van der Waals surface area contributed by atoms with E-state index in [-0.39, 0.29) is 23.9 Å². The fraction of sp³-hybridized carbons (Fsp3) is 0.263. The number of carbonyl (C=O) groups is 2. The summed E-state index contributed by atoms with van der Waals surface area (Å²) >= 11 is 0. The number of anilines is 2. The van der Waals surface area contributed by atoms with Crippen LogP contribution in [0.4, 0.5) is 15.8 Å². The Balaban J connectivity index is 1.68. The van der Waals surface area contributed by atoms with Gasteiger partial charge in [0.25, 0.3) is 0 Å². The van der Waals surface area contributed by atoms with Gasteiger partial charge in [-0.05, 0) is 36.6 Å². The standard InChI is InChI=1S/C19H19FN2O2/c20-16-13-15(21-18(23)12-14-6-2-1-3-7-14)9-10-17(16)22-11-5-4-8-19(22)24/h1-3,6-7,9-10,13H,4-5,8,11-12H2,(H,21,23). The van der Waals surface area contributed by atoms with E-state index in [1.54, 1.807) is 12.1 Å². The highest BCUT2D eigenvalue weighted by Crippen LogP contribution is 2.26. The van der Waals surface area contributed by atoms with Crippen molar-refractivity contribution in [3.63, 3.8) is 0 Å². The summed E-state index contributed by atoms with van der Waals surface area (Å²) in [4.78, 5) is 25.4. The Hall–Kier alpha value is -2.69. The molecule has 1 heterocycles. The van der Waals surface area contributed by atoms with E-state index in [9.17, 15) is 14.0 Å². The molecule has 0 spiro atoms. The number of hydrogen-bond acceptors (Lipinski definition) is 2. The molecule has 1 aliphatic rings. The van der Waals surface area contributed by atoms with E-state index < -0.39 is 5.82 Å². The molecule has 0 radical (unpaired) electrons. The lowest BCUT2D eigenvalue weighted by Gasteiger charge is -2.27. The number of hydrogen-bond donors (Lipinski definition) is 1. The number of carbonyl (C=O) groups excluding carboxylic acids is 2. The van der Waals surface area contributed by atoms with Crippen LogP contribution in [0, 0.1) is 5.82 Å². The van der Waals surface area contributed by atoms with E-state index in [4.69, 9.17) is 0 Å². The van der Waals surface area contributed by atoms with E-state index in [0.29, 0.717) is 18.7 Å². The first-order chi connectivity index (χ1) is 11.6. The Bertz CT molecular complexity index is 746. The lowest BCUT2D eigenvalue weighted by molar-refractivity contribution is -0.119. The van der Waals surface area contributed by atoms with E-state index >= 15 is 0 Å². The van der Waals surface area contributed by atoms with Crippen LogP contribution in [0.2, 0.25) is 0 Å². The van der Waals surface area contributed by atoms with Gasteiger partial charge in [-0.2, -0.15) is 0 Å². The average Bonchev–Trinajstić information content (AvgIpc) is 2.57. The van der Waals surface area contributed by atoms with Crippen molar-refractivity contribution in [2.24, 2.45) is 0 Å². The molecule has 0 saturated carbocycles. The fourth-order valence-electron chi connectivity index (χ4n) is 2.85. The summed E-state index contributed by atoms with van der Waals surface area (Å²) in [6.07, 6.45) is 2.41. The highest BCUT2D eigenvalue weighted by Gasteiger charge is 2.22. The Morgan fingerprint density at radius 2 is 1.92 bits per heavy atom. The third kappa shape index (κ3) is 3.79. The first-order valence-electron chi connectivity index (χ1n) is 8.07. The van der Waals surface area contributed by atoms with Gasteiger partial charge < -0.3 is 10.2 Å². The zero-order valence-electron chi connectivity index (χ0n) is 13.3. The molecule has 24 heavy (non-hydrogen) atoms. The average molecular weight is 326 g/mol. The van der Waals surface area contributed by atoms with Crippen LogP contribution >= 0.6 is 0 Å². The van der Waals surface area contributed by atoms with E-state index in [1.807, 2.05) is 30.3 Å². The minimum Gasteiger partial charge on any atom is -0.326 e. The zero-order valence-corrected chi connectivity index (χ0v) is 13.3. The Morgan fingerprint density at radius 1 is 1.12 bits per heavy atom. The van der Waals surface area contributed by atoms with Gasteiger partial charge in [0.05, 0.1) is 12.1 Å². The second-order valence-corrected chi connectivity index (χ2v) is 5.88. The van der Waals surface area contributed by atoms with E-state index in [1.165, 1.54) is 11.0 Å². The fourth-order valence-corrected chi connectivity index (χ4v) is 2.85. The van der Waals surface area contributed by atoms with Crippen LogP contribution in [0.25, 0.3) is 0 Å². The molecule has 0 aliphatic carbocycles. The summed E-state index contributed by atoms with van der Waals surface area (Å²) in [5, 5.41) is 2.69. The smallest absolute Gasteiger partial charge is 0.228 e. The first kappa shape index (κ1) is 16.2. The quantitative estimate of drug-likeness (QED) is 0.934. The van der Waals surface area contributed by atoms with Crippen LogP contribution in [0.3, 0.4) is 0 Å². The van der Waals surface area contributed by atoms with Crippen LogP contribution < -0.4 is 10.2 Å². The number of rotatable bonds is 4. The zero-order chi connectivity index (χ0) is 16.9. The van der Waals surface area contributed by atoms with Gasteiger partial charge in [0.15, 0.2) is 0 Å². The molecule has 0 aromatic heterocycles. The number of amides is 2. The molecule has 5 heteroatoms. The Kier molecular flexibility index (Phi) is 4.89. The van der Waals surface area contributed by atoms with Gasteiger partial charge in [0.1, 0.15) is 5.82 Å². The number of nitrogens with one attached hydrogen (secondary N) is 1. The van der Waals surface area contributed by atoms with Crippen molar-refractivity contribution in [1.29, 1.82) is 0 Å². The van der Waals surface area contributed by atoms with Gasteiger partial charge in [-0.1, -0.05) is 30.3 Å². The second-order valence-electron chi connectivity index (χ2n) is 5.88. The van der Waals surface area contributed by atoms with Crippen LogP contribution in [0.5, 0.6) is 0 Å². The van der Waals surface area contributed by atoms with Crippen molar-refractivity contribution < 1.29 is 14.0 Å². The molecule has 1 N–H and O–H groups in total. The molecule has 2 amide bonds. The molecular formula is C19H19FN2O2. The van der Waals surface area contributed by atoms with E-state index in [2.05, 4.69) is 5.32 Å². The topological polar surface area (TPSA) is 49.4 Å². The van der Waals surface area contributed by atoms with Crippen LogP contribution in [0.15, 0.2) is 48.5 Å². The number of benzene rings is 2. The maximum atomic E-state index is 14.3. The first-order valence-corrected chi connectivity index (χ1v) is 8.07. The minimum absolute atomic E-state index is 0.0546. The second kappa shape index (κ2) is 7.25. The van der Waals surface area contributed by atoms with Crippen molar-refractivity contribution in [2.45, 2.75) is 25.7 Å². The highest BCUT2D eigenvalue weighted by atomic mass is 19.1. The predicted octanol–water partition coefficient (Wildman–Crippen LogP) is 3.52. The maximum Gasteiger partial charge on any atom is 0.228 e. The molecule has 0 atom stereocenters. The molecule has 124 valence electrons. The molecule has 3 rings (SSSR count). The van der Waals surface area contributed by atoms with Gasteiger partial charge in [0.2, 0.25) is 11.8 Å². The Morgan fingerprint density at radius 3 is 2.62 bits per heavy atom. The van der Waals surface area contributed by atoms with Crippen molar-refractivity contribution in [3.8, 4) is 0 Å². The molecule has 2 aromatic carbocycles. The SMILES string of the molecule is O=C(Cc1ccccc1)Nc1ccc(N2CCCCC2=O)c(F)c1. The van der Waals surface area contributed by atoms with E-state index in [0.717, 1.165) is 18.4 Å². The monoisotopic (exact) mass is 326 g/mol. The van der Waals surface area contributed by atoms with Crippen LogP contribution in [-0.2, 0) is 16.0 Å². The summed E-state index contributed by atoms with van der Waals surface area (Å²) in [6, 6.07) is 13.8. The number of piperidine rings is 1. The largest absolute Gasteiger partial charge is 0.326 e. The lowest BCUT2D eigenvalue weighted by atomic mass is 10.1. The Labute approximate surface area is 140 Å².